The van der Waals surface area contributed by atoms with Crippen LogP contribution in [0.1, 0.15) is 35.8 Å². The zero-order valence-electron chi connectivity index (χ0n) is 13.8. The second kappa shape index (κ2) is 5.90. The number of carbonyl (C=O) groups excluding carboxylic acids is 1. The lowest BCUT2D eigenvalue weighted by molar-refractivity contribution is 0.0783. The molecule has 1 aliphatic carbocycles. The van der Waals surface area contributed by atoms with Crippen LogP contribution < -0.4 is 4.72 Å². The normalized spacial score (nSPS) is 25.1. The first kappa shape index (κ1) is 16.4. The number of likely N-dealkylation sites (tertiary alicyclic amines) is 1. The topological polar surface area (TPSA) is 84.3 Å². The highest BCUT2D eigenvalue weighted by atomic mass is 32.2. The van der Waals surface area contributed by atoms with Crippen molar-refractivity contribution in [2.24, 2.45) is 11.8 Å². The van der Waals surface area contributed by atoms with Gasteiger partial charge in [-0.15, -0.1) is 0 Å². The number of hydrogen-bond acceptors (Lipinski definition) is 4. The Labute approximate surface area is 137 Å². The number of hydrogen-bond donors (Lipinski definition) is 1. The fourth-order valence-electron chi connectivity index (χ4n) is 3.46. The quantitative estimate of drug-likeness (QED) is 0.851. The summed E-state index contributed by atoms with van der Waals surface area (Å²) in [4.78, 5) is 14.6. The number of amides is 1. The average Bonchev–Trinajstić information content (AvgIpc) is 3.11. The average molecular weight is 340 g/mol. The van der Waals surface area contributed by atoms with Crippen molar-refractivity contribution in [1.29, 1.82) is 0 Å². The number of aryl methyl sites for hydroxylation is 2. The first-order valence-corrected chi connectivity index (χ1v) is 9.98. The van der Waals surface area contributed by atoms with E-state index in [1.165, 1.54) is 6.26 Å². The molecule has 7 nitrogen and oxygen atoms in total. The number of nitrogens with zero attached hydrogens (tertiary/aromatic N) is 3. The van der Waals surface area contributed by atoms with Gasteiger partial charge < -0.3 is 4.90 Å². The molecule has 1 aromatic rings. The molecular weight excluding hydrogens is 316 g/mol. The summed E-state index contributed by atoms with van der Waals surface area (Å²) in [5, 5.41) is 4.32. The molecule has 2 fully saturated rings. The van der Waals surface area contributed by atoms with Crippen molar-refractivity contribution in [1.82, 2.24) is 19.4 Å². The van der Waals surface area contributed by atoms with E-state index in [9.17, 15) is 13.2 Å². The second-order valence-electron chi connectivity index (χ2n) is 6.69. The van der Waals surface area contributed by atoms with Crippen LogP contribution in [0, 0.1) is 18.8 Å². The van der Waals surface area contributed by atoms with Crippen molar-refractivity contribution in [3.8, 4) is 0 Å². The lowest BCUT2D eigenvalue weighted by Gasteiger charge is -2.17. The van der Waals surface area contributed by atoms with Gasteiger partial charge in [0.05, 0.1) is 17.5 Å². The maximum Gasteiger partial charge on any atom is 0.257 e. The highest BCUT2D eigenvalue weighted by Gasteiger charge is 2.45. The molecule has 1 aromatic heterocycles. The molecule has 0 bridgehead atoms. The van der Waals surface area contributed by atoms with Crippen molar-refractivity contribution >= 4 is 15.9 Å². The molecule has 1 N–H and O–H groups in total. The maximum absolute atomic E-state index is 12.8. The van der Waals surface area contributed by atoms with Crippen molar-refractivity contribution in [2.45, 2.75) is 39.3 Å². The van der Waals surface area contributed by atoms with Crippen LogP contribution in [0.25, 0.3) is 0 Å². The van der Waals surface area contributed by atoms with Crippen molar-refractivity contribution in [3.63, 3.8) is 0 Å². The van der Waals surface area contributed by atoms with Gasteiger partial charge in [0, 0.05) is 31.9 Å². The highest BCUT2D eigenvalue weighted by Crippen LogP contribution is 2.41. The van der Waals surface area contributed by atoms with Crippen molar-refractivity contribution in [2.75, 3.05) is 19.3 Å². The van der Waals surface area contributed by atoms with E-state index in [2.05, 4.69) is 9.82 Å². The molecule has 3 rings (SSSR count). The summed E-state index contributed by atoms with van der Waals surface area (Å²) in [6, 6.07) is -0.178. The zero-order chi connectivity index (χ0) is 16.8. The Morgan fingerprint density at radius 2 is 2.09 bits per heavy atom. The van der Waals surface area contributed by atoms with Gasteiger partial charge >= 0.3 is 0 Å². The van der Waals surface area contributed by atoms with Gasteiger partial charge in [-0.05, 0) is 38.5 Å². The zero-order valence-corrected chi connectivity index (χ0v) is 14.6. The lowest BCUT2D eigenvalue weighted by atomic mass is 9.99. The Morgan fingerprint density at radius 1 is 1.39 bits per heavy atom. The third kappa shape index (κ3) is 3.58. The minimum absolute atomic E-state index is 0.0503. The summed E-state index contributed by atoms with van der Waals surface area (Å²) in [6.07, 6.45) is 5.21. The molecule has 1 aliphatic heterocycles. The van der Waals surface area contributed by atoms with E-state index in [1.54, 1.807) is 15.8 Å². The third-order valence-electron chi connectivity index (χ3n) is 4.75. The molecular formula is C15H24N4O3S. The largest absolute Gasteiger partial charge is 0.337 e. The number of sulfonamides is 1. The summed E-state index contributed by atoms with van der Waals surface area (Å²) >= 11 is 0. The minimum atomic E-state index is -3.27. The molecule has 128 valence electrons. The van der Waals surface area contributed by atoms with Gasteiger partial charge in [0.25, 0.3) is 5.91 Å². The molecule has 0 unspecified atom stereocenters. The summed E-state index contributed by atoms with van der Waals surface area (Å²) in [5.74, 6) is 0.701. The predicted molar refractivity (Wildman–Crippen MR) is 86.5 cm³/mol. The minimum Gasteiger partial charge on any atom is -0.337 e. The van der Waals surface area contributed by atoms with Crippen LogP contribution in [0.4, 0.5) is 0 Å². The molecule has 2 heterocycles. The van der Waals surface area contributed by atoms with E-state index < -0.39 is 10.0 Å². The van der Waals surface area contributed by atoms with Crippen LogP contribution in [-0.2, 0) is 16.6 Å². The number of aromatic nitrogens is 2. The van der Waals surface area contributed by atoms with Gasteiger partial charge in [-0.25, -0.2) is 13.1 Å². The molecule has 8 heteroatoms. The summed E-state index contributed by atoms with van der Waals surface area (Å²) in [6.45, 7) is 5.58. The van der Waals surface area contributed by atoms with Gasteiger partial charge in [-0.1, -0.05) is 0 Å². The van der Waals surface area contributed by atoms with E-state index in [1.807, 2.05) is 13.8 Å². The fraction of sp³-hybridized carbons (Fsp3) is 0.733. The number of rotatable bonds is 5. The van der Waals surface area contributed by atoms with Gasteiger partial charge in [-0.3, -0.25) is 9.48 Å². The van der Waals surface area contributed by atoms with Gasteiger partial charge in [0.15, 0.2) is 0 Å². The van der Waals surface area contributed by atoms with Crippen LogP contribution in [0.2, 0.25) is 0 Å². The van der Waals surface area contributed by atoms with Crippen LogP contribution in [0.15, 0.2) is 6.20 Å². The fourth-order valence-corrected chi connectivity index (χ4v) is 4.26. The molecule has 23 heavy (non-hydrogen) atoms. The molecule has 1 saturated carbocycles. The van der Waals surface area contributed by atoms with Crippen LogP contribution in [0.5, 0.6) is 0 Å². The molecule has 0 aromatic carbocycles. The first-order valence-electron chi connectivity index (χ1n) is 8.09. The highest BCUT2D eigenvalue weighted by molar-refractivity contribution is 7.88. The molecule has 2 aliphatic rings. The molecule has 2 atom stereocenters. The monoisotopic (exact) mass is 340 g/mol. The van der Waals surface area contributed by atoms with Gasteiger partial charge in [-0.2, -0.15) is 5.10 Å². The van der Waals surface area contributed by atoms with E-state index in [-0.39, 0.29) is 17.9 Å². The lowest BCUT2D eigenvalue weighted by Crippen LogP contribution is -2.41. The van der Waals surface area contributed by atoms with E-state index in [0.29, 0.717) is 24.6 Å². The third-order valence-corrected chi connectivity index (χ3v) is 5.48. The van der Waals surface area contributed by atoms with E-state index in [0.717, 1.165) is 25.1 Å². The van der Waals surface area contributed by atoms with Gasteiger partial charge in [0.1, 0.15) is 0 Å². The summed E-state index contributed by atoms with van der Waals surface area (Å²) in [7, 11) is -3.27. The molecule has 0 radical (unpaired) electrons. The SMILES string of the molecule is CCn1cc(C(=O)N2C[C@@H](NS(C)(=O)=O)[C@H](C3CC3)C2)c(C)n1. The van der Waals surface area contributed by atoms with Crippen molar-refractivity contribution in [3.05, 3.63) is 17.5 Å². The Hall–Kier alpha value is -1.41. The Balaban J connectivity index is 1.77. The van der Waals surface area contributed by atoms with Crippen LogP contribution >= 0.6 is 0 Å². The molecule has 1 saturated heterocycles. The number of carbonyl (C=O) groups is 1. The number of nitrogens with one attached hydrogen (secondary N) is 1. The van der Waals surface area contributed by atoms with E-state index >= 15 is 0 Å². The Kier molecular flexibility index (Phi) is 4.22. The standard InChI is InChI=1S/C15H24N4O3S/c1-4-19-8-12(10(2)16-19)15(20)18-7-13(11-5-6-11)14(9-18)17-23(3,21)22/h8,11,13-14,17H,4-7,9H2,1-3H3/t13-,14+/m0/s1. The van der Waals surface area contributed by atoms with E-state index in [4.69, 9.17) is 0 Å². The Morgan fingerprint density at radius 3 is 2.61 bits per heavy atom. The van der Waals surface area contributed by atoms with Crippen LogP contribution in [-0.4, -0.2) is 54.4 Å². The van der Waals surface area contributed by atoms with Crippen molar-refractivity contribution < 1.29 is 13.2 Å². The maximum atomic E-state index is 12.8. The second-order valence-corrected chi connectivity index (χ2v) is 8.47. The smallest absolute Gasteiger partial charge is 0.257 e. The molecule has 1 amide bonds. The van der Waals surface area contributed by atoms with Gasteiger partial charge in [0.2, 0.25) is 10.0 Å². The van der Waals surface area contributed by atoms with Crippen LogP contribution in [0.3, 0.4) is 0 Å². The summed E-state index contributed by atoms with van der Waals surface area (Å²) < 4.78 is 27.6. The summed E-state index contributed by atoms with van der Waals surface area (Å²) in [5.41, 5.74) is 1.33. The molecule has 0 spiro atoms. The first-order chi connectivity index (χ1) is 10.8. The predicted octanol–water partition coefficient (Wildman–Crippen LogP) is 0.611. The Bertz CT molecular complexity index is 708.